The van der Waals surface area contributed by atoms with Crippen molar-refractivity contribution >= 4 is 17.5 Å². The summed E-state index contributed by atoms with van der Waals surface area (Å²) in [6.45, 7) is 1.16. The van der Waals surface area contributed by atoms with E-state index >= 15 is 0 Å². The molecule has 0 unspecified atom stereocenters. The summed E-state index contributed by atoms with van der Waals surface area (Å²) in [6, 6.07) is 9.88. The van der Waals surface area contributed by atoms with Gasteiger partial charge in [-0.3, -0.25) is 9.59 Å². The Morgan fingerprint density at radius 3 is 2.55 bits per heavy atom. The van der Waals surface area contributed by atoms with Gasteiger partial charge in [-0.2, -0.15) is 5.26 Å². The Hall–Kier alpha value is -3.54. The molecule has 0 aliphatic heterocycles. The van der Waals surface area contributed by atoms with E-state index in [0.717, 1.165) is 6.07 Å². The zero-order valence-corrected chi connectivity index (χ0v) is 15.5. The van der Waals surface area contributed by atoms with E-state index in [0.29, 0.717) is 12.5 Å². The summed E-state index contributed by atoms with van der Waals surface area (Å²) in [6.07, 6.45) is 0.535. The van der Waals surface area contributed by atoms with Gasteiger partial charge in [0.2, 0.25) is 5.91 Å². The number of halogens is 3. The maximum Gasteiger partial charge on any atom is 0.260 e. The van der Waals surface area contributed by atoms with Crippen LogP contribution in [0.1, 0.15) is 18.9 Å². The van der Waals surface area contributed by atoms with Crippen LogP contribution in [0.25, 0.3) is 0 Å². The molecule has 152 valence electrons. The van der Waals surface area contributed by atoms with E-state index in [2.05, 4.69) is 5.32 Å². The smallest absolute Gasteiger partial charge is 0.260 e. The van der Waals surface area contributed by atoms with Gasteiger partial charge in [-0.15, -0.1) is 0 Å². The molecule has 0 heterocycles. The summed E-state index contributed by atoms with van der Waals surface area (Å²) in [7, 11) is 0. The van der Waals surface area contributed by atoms with Gasteiger partial charge in [0.1, 0.15) is 11.8 Å². The van der Waals surface area contributed by atoms with E-state index in [-0.39, 0.29) is 17.9 Å². The highest BCUT2D eigenvalue weighted by Crippen LogP contribution is 2.20. The molecule has 9 heteroatoms. The number of nitrogens with one attached hydrogen (secondary N) is 1. The van der Waals surface area contributed by atoms with Crippen molar-refractivity contribution in [1.82, 2.24) is 4.90 Å². The highest BCUT2D eigenvalue weighted by atomic mass is 19.2. The predicted molar refractivity (Wildman–Crippen MR) is 98.5 cm³/mol. The van der Waals surface area contributed by atoms with Gasteiger partial charge in [-0.05, 0) is 30.7 Å². The maximum atomic E-state index is 13.7. The van der Waals surface area contributed by atoms with E-state index in [4.69, 9.17) is 10.00 Å². The van der Waals surface area contributed by atoms with Crippen LogP contribution in [-0.2, 0) is 9.59 Å². The largest absolute Gasteiger partial charge is 0.482 e. The molecule has 0 bridgehead atoms. The number of amides is 2. The first-order valence-electron chi connectivity index (χ1n) is 8.70. The van der Waals surface area contributed by atoms with E-state index in [9.17, 15) is 22.8 Å². The van der Waals surface area contributed by atoms with Crippen LogP contribution in [0.3, 0.4) is 0 Å². The Morgan fingerprint density at radius 1 is 1.14 bits per heavy atom. The van der Waals surface area contributed by atoms with Crippen LogP contribution in [0.5, 0.6) is 5.75 Å². The van der Waals surface area contributed by atoms with Crippen LogP contribution < -0.4 is 10.1 Å². The summed E-state index contributed by atoms with van der Waals surface area (Å²) in [5.41, 5.74) is -0.272. The highest BCUT2D eigenvalue weighted by molar-refractivity contribution is 5.94. The summed E-state index contributed by atoms with van der Waals surface area (Å²) < 4.78 is 45.3. The minimum atomic E-state index is -1.70. The van der Waals surface area contributed by atoms with Gasteiger partial charge in [-0.1, -0.05) is 19.1 Å². The lowest BCUT2D eigenvalue weighted by Crippen LogP contribution is -2.41. The van der Waals surface area contributed by atoms with Crippen molar-refractivity contribution < 1.29 is 27.5 Å². The van der Waals surface area contributed by atoms with Gasteiger partial charge in [0.15, 0.2) is 24.1 Å². The predicted octanol–water partition coefficient (Wildman–Crippen LogP) is 3.23. The molecule has 0 aliphatic rings. The molecule has 0 fully saturated rings. The van der Waals surface area contributed by atoms with Crippen LogP contribution in [0.2, 0.25) is 0 Å². The first kappa shape index (κ1) is 21.8. The van der Waals surface area contributed by atoms with Crippen molar-refractivity contribution in [2.45, 2.75) is 13.3 Å². The van der Waals surface area contributed by atoms with Gasteiger partial charge < -0.3 is 15.0 Å². The molecule has 0 saturated heterocycles. The lowest BCUT2D eigenvalue weighted by Gasteiger charge is -2.22. The number of carbonyl (C=O) groups excluding carboxylic acids is 2. The second kappa shape index (κ2) is 10.1. The minimum absolute atomic E-state index is 0.218. The summed E-state index contributed by atoms with van der Waals surface area (Å²) in [5.74, 6) is -5.68. The molecule has 2 aromatic rings. The van der Waals surface area contributed by atoms with Crippen molar-refractivity contribution in [3.05, 3.63) is 59.4 Å². The van der Waals surface area contributed by atoms with Crippen molar-refractivity contribution in [3.63, 3.8) is 0 Å². The molecule has 0 aromatic heterocycles. The van der Waals surface area contributed by atoms with Crippen LogP contribution in [-0.4, -0.2) is 36.4 Å². The van der Waals surface area contributed by atoms with Crippen LogP contribution in [0.15, 0.2) is 36.4 Å². The normalized spacial score (nSPS) is 10.2. The molecule has 0 spiro atoms. The van der Waals surface area contributed by atoms with Crippen LogP contribution in [0, 0.1) is 28.8 Å². The van der Waals surface area contributed by atoms with Gasteiger partial charge in [0.05, 0.1) is 17.8 Å². The first-order valence-corrected chi connectivity index (χ1v) is 8.70. The average molecular weight is 405 g/mol. The fourth-order valence-electron chi connectivity index (χ4n) is 2.46. The van der Waals surface area contributed by atoms with E-state index in [1.54, 1.807) is 19.1 Å². The molecular weight excluding hydrogens is 387 g/mol. The fraction of sp³-hybridized carbons (Fsp3) is 0.250. The standard InChI is InChI=1S/C20H18F3N3O3/c1-2-9-26(18(28)12-29-16-6-4-3-5-13(16)10-24)11-17(27)25-15-8-7-14(21)19(22)20(15)23/h3-8H,2,9,11-12H2,1H3,(H,25,27). The lowest BCUT2D eigenvalue weighted by molar-refractivity contribution is -0.136. The van der Waals surface area contributed by atoms with E-state index in [1.807, 2.05) is 6.07 Å². The third kappa shape index (κ3) is 5.72. The number of nitriles is 1. The van der Waals surface area contributed by atoms with Crippen LogP contribution >= 0.6 is 0 Å². The SMILES string of the molecule is CCCN(CC(=O)Nc1ccc(F)c(F)c1F)C(=O)COc1ccccc1C#N. The first-order chi connectivity index (χ1) is 13.9. The molecule has 2 aromatic carbocycles. The average Bonchev–Trinajstić information content (AvgIpc) is 2.72. The van der Waals surface area contributed by atoms with E-state index in [1.165, 1.54) is 17.0 Å². The fourth-order valence-corrected chi connectivity index (χ4v) is 2.46. The number of hydrogen-bond acceptors (Lipinski definition) is 4. The molecule has 2 rings (SSSR count). The Morgan fingerprint density at radius 2 is 1.86 bits per heavy atom. The number of rotatable bonds is 8. The molecule has 6 nitrogen and oxygen atoms in total. The van der Waals surface area contributed by atoms with Crippen LogP contribution in [0.4, 0.5) is 18.9 Å². The molecule has 1 N–H and O–H groups in total. The molecule has 0 aliphatic carbocycles. The van der Waals surface area contributed by atoms with Gasteiger partial charge >= 0.3 is 0 Å². The van der Waals surface area contributed by atoms with Crippen molar-refractivity contribution in [3.8, 4) is 11.8 Å². The Balaban J connectivity index is 2.01. The monoisotopic (exact) mass is 405 g/mol. The van der Waals surface area contributed by atoms with Gasteiger partial charge in [0, 0.05) is 6.54 Å². The summed E-state index contributed by atoms with van der Waals surface area (Å²) >= 11 is 0. The zero-order chi connectivity index (χ0) is 21.4. The molecule has 0 saturated carbocycles. The Bertz CT molecular complexity index is 944. The number of ether oxygens (including phenoxy) is 1. The molecule has 0 radical (unpaired) electrons. The lowest BCUT2D eigenvalue weighted by atomic mass is 10.2. The van der Waals surface area contributed by atoms with Crippen molar-refractivity contribution in [2.24, 2.45) is 0 Å². The van der Waals surface area contributed by atoms with Crippen molar-refractivity contribution in [1.29, 1.82) is 5.26 Å². The molecule has 29 heavy (non-hydrogen) atoms. The van der Waals surface area contributed by atoms with Gasteiger partial charge in [0.25, 0.3) is 5.91 Å². The second-order valence-electron chi connectivity index (χ2n) is 5.98. The summed E-state index contributed by atoms with van der Waals surface area (Å²) in [5, 5.41) is 11.2. The Labute approximate surface area is 165 Å². The zero-order valence-electron chi connectivity index (χ0n) is 15.5. The highest BCUT2D eigenvalue weighted by Gasteiger charge is 2.20. The number of carbonyl (C=O) groups is 2. The van der Waals surface area contributed by atoms with Gasteiger partial charge in [-0.25, -0.2) is 13.2 Å². The number of nitrogens with zero attached hydrogens (tertiary/aromatic N) is 2. The third-order valence-corrected chi connectivity index (χ3v) is 3.85. The summed E-state index contributed by atoms with van der Waals surface area (Å²) in [4.78, 5) is 25.8. The van der Waals surface area contributed by atoms with Crippen molar-refractivity contribution in [2.75, 3.05) is 25.0 Å². The molecule has 0 atom stereocenters. The molecular formula is C20H18F3N3O3. The minimum Gasteiger partial charge on any atom is -0.482 e. The second-order valence-corrected chi connectivity index (χ2v) is 5.98. The number of benzene rings is 2. The third-order valence-electron chi connectivity index (χ3n) is 3.85. The number of para-hydroxylation sites is 1. The maximum absolute atomic E-state index is 13.7. The Kier molecular flexibility index (Phi) is 7.60. The number of hydrogen-bond donors (Lipinski definition) is 1. The molecule has 2 amide bonds. The topological polar surface area (TPSA) is 82.4 Å². The van der Waals surface area contributed by atoms with E-state index < -0.39 is 48.1 Å². The quantitative estimate of drug-likeness (QED) is 0.684. The number of anilines is 1.